The number of nitrogens with one attached hydrogen (secondary N) is 2. The molecule has 0 aliphatic rings. The van der Waals surface area contributed by atoms with Crippen LogP contribution < -0.4 is 10.6 Å². The molecule has 0 saturated heterocycles. The molecule has 0 fully saturated rings. The minimum atomic E-state index is 0.0321. The van der Waals surface area contributed by atoms with Gasteiger partial charge in [0.25, 0.3) is 0 Å². The summed E-state index contributed by atoms with van der Waals surface area (Å²) in [4.78, 5) is 20.6. The number of hydrogen-bond acceptors (Lipinski definition) is 5. The third kappa shape index (κ3) is 4.25. The zero-order valence-electron chi connectivity index (χ0n) is 15.4. The first kappa shape index (κ1) is 17.6. The molecule has 0 unspecified atom stereocenters. The third-order valence-electron chi connectivity index (χ3n) is 4.02. The summed E-state index contributed by atoms with van der Waals surface area (Å²) >= 11 is 0. The Bertz CT molecular complexity index is 966. The van der Waals surface area contributed by atoms with E-state index in [-0.39, 0.29) is 5.78 Å². The average Bonchev–Trinajstić information content (AvgIpc) is 2.57. The summed E-state index contributed by atoms with van der Waals surface area (Å²) in [7, 11) is 0. The standard InChI is InChI=1S/C21H22N4O/c1-13-8-9-19(14(2)10-13)24-21-22-15(3)11-20(25-21)23-18-7-5-6-17(12-18)16(4)26/h5-12H,1-4H3,(H2,22,23,24,25). The molecule has 0 amide bonds. The number of Topliss-reactive ketones (excluding diaryl/α,β-unsaturated/α-hetero) is 1. The van der Waals surface area contributed by atoms with Crippen LogP contribution in [-0.4, -0.2) is 15.8 Å². The molecular weight excluding hydrogens is 324 g/mol. The normalized spacial score (nSPS) is 10.5. The Morgan fingerprint density at radius 3 is 2.46 bits per heavy atom. The van der Waals surface area contributed by atoms with E-state index >= 15 is 0 Å². The SMILES string of the molecule is CC(=O)c1cccc(Nc2cc(C)nc(Nc3ccc(C)cc3C)n2)c1. The molecule has 5 heteroatoms. The third-order valence-corrected chi connectivity index (χ3v) is 4.02. The van der Waals surface area contributed by atoms with Crippen molar-refractivity contribution in [1.82, 2.24) is 9.97 Å². The monoisotopic (exact) mass is 346 g/mol. The summed E-state index contributed by atoms with van der Waals surface area (Å²) in [6.07, 6.45) is 0. The van der Waals surface area contributed by atoms with E-state index in [0.29, 0.717) is 17.3 Å². The van der Waals surface area contributed by atoms with Crippen LogP contribution in [-0.2, 0) is 0 Å². The Labute approximate surface area is 153 Å². The Balaban J connectivity index is 1.85. The fourth-order valence-corrected chi connectivity index (χ4v) is 2.73. The van der Waals surface area contributed by atoms with E-state index < -0.39 is 0 Å². The number of aryl methyl sites for hydroxylation is 3. The molecule has 3 rings (SSSR count). The number of hydrogen-bond donors (Lipinski definition) is 2. The molecular formula is C21H22N4O. The van der Waals surface area contributed by atoms with E-state index in [1.165, 1.54) is 5.56 Å². The Kier molecular flexibility index (Phi) is 4.98. The second kappa shape index (κ2) is 7.35. The molecule has 132 valence electrons. The van der Waals surface area contributed by atoms with Gasteiger partial charge in [-0.1, -0.05) is 29.8 Å². The summed E-state index contributed by atoms with van der Waals surface area (Å²) in [6, 6.07) is 15.4. The second-order valence-corrected chi connectivity index (χ2v) is 6.42. The number of nitrogens with zero attached hydrogens (tertiary/aromatic N) is 2. The Morgan fingerprint density at radius 1 is 0.923 bits per heavy atom. The summed E-state index contributed by atoms with van der Waals surface area (Å²) in [5.41, 5.74) is 5.65. The van der Waals surface area contributed by atoms with Gasteiger partial charge in [-0.15, -0.1) is 0 Å². The highest BCUT2D eigenvalue weighted by Gasteiger charge is 2.07. The van der Waals surface area contributed by atoms with Crippen molar-refractivity contribution in [3.05, 3.63) is 70.9 Å². The first-order valence-electron chi connectivity index (χ1n) is 8.49. The van der Waals surface area contributed by atoms with E-state index in [1.54, 1.807) is 13.0 Å². The number of aromatic nitrogens is 2. The minimum absolute atomic E-state index is 0.0321. The van der Waals surface area contributed by atoms with Gasteiger partial charge in [-0.25, -0.2) is 4.98 Å². The van der Waals surface area contributed by atoms with Crippen molar-refractivity contribution in [2.45, 2.75) is 27.7 Å². The zero-order chi connectivity index (χ0) is 18.7. The van der Waals surface area contributed by atoms with Crippen molar-refractivity contribution >= 4 is 28.9 Å². The van der Waals surface area contributed by atoms with Crippen LogP contribution in [0.5, 0.6) is 0 Å². The van der Waals surface area contributed by atoms with Crippen LogP contribution in [0.2, 0.25) is 0 Å². The summed E-state index contributed by atoms with van der Waals surface area (Å²) in [5.74, 6) is 1.23. The first-order valence-corrected chi connectivity index (χ1v) is 8.49. The van der Waals surface area contributed by atoms with Gasteiger partial charge in [-0.2, -0.15) is 4.98 Å². The molecule has 2 aromatic carbocycles. The maximum Gasteiger partial charge on any atom is 0.229 e. The lowest BCUT2D eigenvalue weighted by molar-refractivity contribution is 0.101. The van der Waals surface area contributed by atoms with Crippen LogP contribution in [0, 0.1) is 20.8 Å². The maximum atomic E-state index is 11.6. The Morgan fingerprint density at radius 2 is 1.73 bits per heavy atom. The highest BCUT2D eigenvalue weighted by molar-refractivity contribution is 5.95. The second-order valence-electron chi connectivity index (χ2n) is 6.42. The van der Waals surface area contributed by atoms with Gasteiger partial charge in [-0.3, -0.25) is 4.79 Å². The smallest absolute Gasteiger partial charge is 0.229 e. The Hall–Kier alpha value is -3.21. The van der Waals surface area contributed by atoms with Gasteiger partial charge in [0.05, 0.1) is 0 Å². The summed E-state index contributed by atoms with van der Waals surface area (Å²) in [5, 5.41) is 6.53. The number of anilines is 4. The molecule has 0 bridgehead atoms. The lowest BCUT2D eigenvalue weighted by Crippen LogP contribution is -2.03. The molecule has 0 atom stereocenters. The number of benzene rings is 2. The number of ketones is 1. The van der Waals surface area contributed by atoms with Crippen molar-refractivity contribution in [3.8, 4) is 0 Å². The first-order chi connectivity index (χ1) is 12.4. The zero-order valence-corrected chi connectivity index (χ0v) is 15.4. The highest BCUT2D eigenvalue weighted by atomic mass is 16.1. The molecule has 26 heavy (non-hydrogen) atoms. The summed E-state index contributed by atoms with van der Waals surface area (Å²) in [6.45, 7) is 7.60. The fraction of sp³-hybridized carbons (Fsp3) is 0.190. The molecule has 0 aliphatic carbocycles. The number of carbonyl (C=O) groups excluding carboxylic acids is 1. The van der Waals surface area contributed by atoms with Crippen LogP contribution in [0.15, 0.2) is 48.5 Å². The molecule has 2 N–H and O–H groups in total. The molecule has 1 aromatic heterocycles. The molecule has 5 nitrogen and oxygen atoms in total. The van der Waals surface area contributed by atoms with E-state index in [2.05, 4.69) is 46.6 Å². The van der Waals surface area contributed by atoms with Gasteiger partial charge >= 0.3 is 0 Å². The topological polar surface area (TPSA) is 66.9 Å². The van der Waals surface area contributed by atoms with Gasteiger partial charge < -0.3 is 10.6 Å². The van der Waals surface area contributed by atoms with Gasteiger partial charge in [0, 0.05) is 28.7 Å². The average molecular weight is 346 g/mol. The van der Waals surface area contributed by atoms with Crippen molar-refractivity contribution in [1.29, 1.82) is 0 Å². The predicted octanol–water partition coefficient (Wildman–Crippen LogP) is 5.09. The van der Waals surface area contributed by atoms with Gasteiger partial charge in [0.1, 0.15) is 5.82 Å². The number of carbonyl (C=O) groups is 1. The van der Waals surface area contributed by atoms with Crippen molar-refractivity contribution in [2.24, 2.45) is 0 Å². The lowest BCUT2D eigenvalue weighted by Gasteiger charge is -2.12. The van der Waals surface area contributed by atoms with E-state index in [0.717, 1.165) is 22.6 Å². The minimum Gasteiger partial charge on any atom is -0.340 e. The largest absolute Gasteiger partial charge is 0.340 e. The van der Waals surface area contributed by atoms with Crippen molar-refractivity contribution < 1.29 is 4.79 Å². The number of rotatable bonds is 5. The maximum absolute atomic E-state index is 11.6. The fourth-order valence-electron chi connectivity index (χ4n) is 2.73. The van der Waals surface area contributed by atoms with Gasteiger partial charge in [0.2, 0.25) is 5.95 Å². The lowest BCUT2D eigenvalue weighted by atomic mass is 10.1. The molecule has 0 radical (unpaired) electrons. The van der Waals surface area contributed by atoms with Crippen LogP contribution in [0.25, 0.3) is 0 Å². The van der Waals surface area contributed by atoms with E-state index in [4.69, 9.17) is 0 Å². The molecule has 1 heterocycles. The van der Waals surface area contributed by atoms with Gasteiger partial charge in [-0.05, 0) is 51.5 Å². The summed E-state index contributed by atoms with van der Waals surface area (Å²) < 4.78 is 0. The predicted molar refractivity (Wildman–Crippen MR) is 106 cm³/mol. The van der Waals surface area contributed by atoms with Crippen molar-refractivity contribution in [2.75, 3.05) is 10.6 Å². The molecule has 0 saturated carbocycles. The van der Waals surface area contributed by atoms with E-state index in [1.807, 2.05) is 37.3 Å². The van der Waals surface area contributed by atoms with E-state index in [9.17, 15) is 4.79 Å². The van der Waals surface area contributed by atoms with Crippen molar-refractivity contribution in [3.63, 3.8) is 0 Å². The van der Waals surface area contributed by atoms with Crippen LogP contribution in [0.4, 0.5) is 23.1 Å². The van der Waals surface area contributed by atoms with Crippen LogP contribution in [0.3, 0.4) is 0 Å². The molecule has 0 aliphatic heterocycles. The molecule has 3 aromatic rings. The highest BCUT2D eigenvalue weighted by Crippen LogP contribution is 2.22. The van der Waals surface area contributed by atoms with Crippen LogP contribution in [0.1, 0.15) is 34.1 Å². The van der Waals surface area contributed by atoms with Gasteiger partial charge in [0.15, 0.2) is 5.78 Å². The van der Waals surface area contributed by atoms with Crippen LogP contribution >= 0.6 is 0 Å². The molecule has 0 spiro atoms. The quantitative estimate of drug-likeness (QED) is 0.630.